The molecule has 0 aliphatic carbocycles. The summed E-state index contributed by atoms with van der Waals surface area (Å²) in [5.41, 5.74) is 5.30. The molecule has 0 aliphatic rings. The van der Waals surface area contributed by atoms with Crippen LogP contribution in [0, 0.1) is 6.92 Å². The molecule has 0 saturated heterocycles. The zero-order chi connectivity index (χ0) is 16.4. The monoisotopic (exact) mass is 332 g/mol. The molecule has 0 saturated carbocycles. The maximum Gasteiger partial charge on any atom is 0.212 e. The van der Waals surface area contributed by atoms with Crippen LogP contribution in [0.4, 0.5) is 0 Å². The molecule has 0 radical (unpaired) electrons. The highest BCUT2D eigenvalue weighted by atomic mass is 32.2. The molecule has 24 heavy (non-hydrogen) atoms. The first-order chi connectivity index (χ1) is 11.8. The van der Waals surface area contributed by atoms with Crippen LogP contribution in [0.15, 0.2) is 71.9 Å². The Morgan fingerprint density at radius 1 is 0.875 bits per heavy atom. The average molecular weight is 332 g/mol. The van der Waals surface area contributed by atoms with E-state index in [-0.39, 0.29) is 0 Å². The van der Waals surface area contributed by atoms with Crippen molar-refractivity contribution in [3.63, 3.8) is 0 Å². The first-order valence-corrected chi connectivity index (χ1v) is 8.74. The lowest BCUT2D eigenvalue weighted by molar-refractivity contribution is 0.813. The highest BCUT2D eigenvalue weighted by molar-refractivity contribution is 7.98. The minimum Gasteiger partial charge on any atom is -0.187 e. The van der Waals surface area contributed by atoms with Gasteiger partial charge in [0.2, 0.25) is 5.16 Å². The van der Waals surface area contributed by atoms with Crippen LogP contribution >= 0.6 is 11.8 Å². The number of hydrogen-bond donors (Lipinski definition) is 0. The zero-order valence-corrected chi connectivity index (χ0v) is 14.1. The Bertz CT molecular complexity index is 962. The Morgan fingerprint density at radius 3 is 2.46 bits per heavy atom. The van der Waals surface area contributed by atoms with Crippen molar-refractivity contribution in [1.29, 1.82) is 0 Å². The topological polar surface area (TPSA) is 43.1 Å². The summed E-state index contributed by atoms with van der Waals surface area (Å²) in [4.78, 5) is 0. The maximum atomic E-state index is 4.70. The van der Waals surface area contributed by atoms with E-state index in [1.54, 1.807) is 11.8 Å². The summed E-state index contributed by atoms with van der Waals surface area (Å²) in [6.07, 6.45) is 0. The van der Waals surface area contributed by atoms with Crippen LogP contribution in [0.3, 0.4) is 0 Å². The van der Waals surface area contributed by atoms with Crippen molar-refractivity contribution in [2.45, 2.75) is 17.8 Å². The van der Waals surface area contributed by atoms with Crippen molar-refractivity contribution in [3.05, 3.63) is 77.9 Å². The third-order valence-corrected chi connectivity index (χ3v) is 4.78. The van der Waals surface area contributed by atoms with Crippen LogP contribution in [-0.4, -0.2) is 19.8 Å². The molecule has 0 N–H and O–H groups in total. The molecule has 4 aromatic rings. The van der Waals surface area contributed by atoms with E-state index in [2.05, 4.69) is 53.5 Å². The Kier molecular flexibility index (Phi) is 4.01. The molecule has 0 amide bonds. The van der Waals surface area contributed by atoms with E-state index in [0.717, 1.165) is 27.8 Å². The van der Waals surface area contributed by atoms with Gasteiger partial charge in [-0.1, -0.05) is 71.9 Å². The predicted molar refractivity (Wildman–Crippen MR) is 97.0 cm³/mol. The van der Waals surface area contributed by atoms with E-state index in [4.69, 9.17) is 5.10 Å². The minimum atomic E-state index is 0.765. The lowest BCUT2D eigenvalue weighted by atomic mass is 10.1. The van der Waals surface area contributed by atoms with Gasteiger partial charge in [-0.15, -0.1) is 10.2 Å². The van der Waals surface area contributed by atoms with Crippen molar-refractivity contribution in [2.24, 2.45) is 0 Å². The van der Waals surface area contributed by atoms with Crippen LogP contribution in [-0.2, 0) is 5.75 Å². The summed E-state index contributed by atoms with van der Waals surface area (Å²) in [6, 6.07) is 22.6. The van der Waals surface area contributed by atoms with Gasteiger partial charge >= 0.3 is 0 Å². The summed E-state index contributed by atoms with van der Waals surface area (Å²) < 4.78 is 1.82. The van der Waals surface area contributed by atoms with Gasteiger partial charge in [-0.3, -0.25) is 0 Å². The third kappa shape index (κ3) is 3.03. The van der Waals surface area contributed by atoms with Crippen molar-refractivity contribution in [1.82, 2.24) is 19.8 Å². The molecule has 0 atom stereocenters. The van der Waals surface area contributed by atoms with E-state index >= 15 is 0 Å². The molecule has 0 fully saturated rings. The number of rotatable bonds is 4. The van der Waals surface area contributed by atoms with Crippen molar-refractivity contribution in [2.75, 3.05) is 0 Å². The standard InChI is InChI=1S/C19H16N4S/c1-14-7-9-15(10-8-14)13-24-19-21-20-18-12-11-17(22-23(18)19)16-5-3-2-4-6-16/h2-12H,13H2,1H3. The number of nitrogens with zero attached hydrogens (tertiary/aromatic N) is 4. The molecule has 118 valence electrons. The Balaban J connectivity index is 1.62. The summed E-state index contributed by atoms with van der Waals surface area (Å²) in [5, 5.41) is 14.0. The lowest BCUT2D eigenvalue weighted by Gasteiger charge is -2.03. The normalized spacial score (nSPS) is 11.0. The fourth-order valence-electron chi connectivity index (χ4n) is 2.45. The van der Waals surface area contributed by atoms with E-state index in [1.165, 1.54) is 11.1 Å². The quantitative estimate of drug-likeness (QED) is 0.520. The van der Waals surface area contributed by atoms with Crippen LogP contribution < -0.4 is 0 Å². The number of hydrogen-bond acceptors (Lipinski definition) is 4. The number of fused-ring (bicyclic) bond motifs is 1. The zero-order valence-electron chi connectivity index (χ0n) is 13.3. The molecule has 0 spiro atoms. The van der Waals surface area contributed by atoms with E-state index in [9.17, 15) is 0 Å². The van der Waals surface area contributed by atoms with E-state index < -0.39 is 0 Å². The average Bonchev–Trinajstić information content (AvgIpc) is 3.04. The predicted octanol–water partition coefficient (Wildman–Crippen LogP) is 4.39. The van der Waals surface area contributed by atoms with Gasteiger partial charge in [0.1, 0.15) is 0 Å². The number of aryl methyl sites for hydroxylation is 1. The minimum absolute atomic E-state index is 0.765. The maximum absolute atomic E-state index is 4.70. The van der Waals surface area contributed by atoms with Gasteiger partial charge in [0.15, 0.2) is 5.65 Å². The molecule has 2 aromatic heterocycles. The first-order valence-electron chi connectivity index (χ1n) is 7.76. The molecule has 0 unspecified atom stereocenters. The molecule has 4 rings (SSSR count). The van der Waals surface area contributed by atoms with Gasteiger partial charge in [-0.25, -0.2) is 0 Å². The second-order valence-electron chi connectivity index (χ2n) is 5.61. The Labute approximate surface area is 144 Å². The van der Waals surface area contributed by atoms with Crippen molar-refractivity contribution < 1.29 is 0 Å². The fourth-order valence-corrected chi connectivity index (χ4v) is 3.30. The van der Waals surface area contributed by atoms with Gasteiger partial charge in [0, 0.05) is 11.3 Å². The highest BCUT2D eigenvalue weighted by Crippen LogP contribution is 2.23. The lowest BCUT2D eigenvalue weighted by Crippen LogP contribution is -1.96. The van der Waals surface area contributed by atoms with Gasteiger partial charge in [0.05, 0.1) is 5.69 Å². The number of aromatic nitrogens is 4. The Morgan fingerprint density at radius 2 is 1.67 bits per heavy atom. The molecule has 4 nitrogen and oxygen atoms in total. The molecule has 0 bridgehead atoms. The molecule has 0 aliphatic heterocycles. The molecule has 2 aromatic carbocycles. The van der Waals surface area contributed by atoms with Crippen LogP contribution in [0.5, 0.6) is 0 Å². The van der Waals surface area contributed by atoms with Gasteiger partial charge in [-0.05, 0) is 24.6 Å². The second-order valence-corrected chi connectivity index (χ2v) is 6.55. The van der Waals surface area contributed by atoms with Gasteiger partial charge in [0.25, 0.3) is 0 Å². The second kappa shape index (κ2) is 6.45. The van der Waals surface area contributed by atoms with E-state index in [1.807, 2.05) is 34.8 Å². The number of benzene rings is 2. The van der Waals surface area contributed by atoms with Crippen LogP contribution in [0.25, 0.3) is 16.9 Å². The molecular weight excluding hydrogens is 316 g/mol. The van der Waals surface area contributed by atoms with Crippen LogP contribution in [0.2, 0.25) is 0 Å². The van der Waals surface area contributed by atoms with Crippen molar-refractivity contribution >= 4 is 17.4 Å². The Hall–Kier alpha value is -2.66. The highest BCUT2D eigenvalue weighted by Gasteiger charge is 2.09. The number of thioether (sulfide) groups is 1. The largest absolute Gasteiger partial charge is 0.212 e. The van der Waals surface area contributed by atoms with E-state index in [0.29, 0.717) is 0 Å². The van der Waals surface area contributed by atoms with Gasteiger partial charge < -0.3 is 0 Å². The fraction of sp³-hybridized carbons (Fsp3) is 0.105. The third-order valence-electron chi connectivity index (χ3n) is 3.79. The molecule has 2 heterocycles. The smallest absolute Gasteiger partial charge is 0.187 e. The SMILES string of the molecule is Cc1ccc(CSc2nnc3ccc(-c4ccccc4)nn23)cc1. The molecular formula is C19H16N4S. The summed E-state index contributed by atoms with van der Waals surface area (Å²) in [7, 11) is 0. The summed E-state index contributed by atoms with van der Waals surface area (Å²) in [5.74, 6) is 0.846. The van der Waals surface area contributed by atoms with Crippen molar-refractivity contribution in [3.8, 4) is 11.3 Å². The van der Waals surface area contributed by atoms with Crippen LogP contribution in [0.1, 0.15) is 11.1 Å². The summed E-state index contributed by atoms with van der Waals surface area (Å²) >= 11 is 1.65. The summed E-state index contributed by atoms with van der Waals surface area (Å²) in [6.45, 7) is 2.10. The first kappa shape index (κ1) is 14.9. The van der Waals surface area contributed by atoms with Gasteiger partial charge in [-0.2, -0.15) is 9.61 Å². The molecule has 5 heteroatoms.